The van der Waals surface area contributed by atoms with Gasteiger partial charge in [0.2, 0.25) is 0 Å². The Bertz CT molecular complexity index is 444. The summed E-state index contributed by atoms with van der Waals surface area (Å²) < 4.78 is 64.5. The molecule has 1 rings (SSSR count). The Morgan fingerprint density at radius 2 is 1.94 bits per heavy atom. The molecule has 0 aliphatic rings. The van der Waals surface area contributed by atoms with Crippen molar-refractivity contribution in [2.75, 3.05) is 5.33 Å². The van der Waals surface area contributed by atoms with Crippen molar-refractivity contribution in [2.45, 2.75) is 12.8 Å². The maximum atomic E-state index is 12.5. The van der Waals surface area contributed by atoms with E-state index in [4.69, 9.17) is 0 Å². The quantitative estimate of drug-likeness (QED) is 0.471. The smallest absolute Gasteiger partial charge is 0.405 e. The van der Waals surface area contributed by atoms with Gasteiger partial charge in [0.05, 0.1) is 10.9 Å². The number of carbonyl (C=O) groups is 1. The topological polar surface area (TPSA) is 26.3 Å². The molecule has 0 saturated carbocycles. The van der Waals surface area contributed by atoms with Gasteiger partial charge < -0.3 is 4.74 Å². The van der Waals surface area contributed by atoms with E-state index in [1.165, 1.54) is 0 Å². The van der Waals surface area contributed by atoms with E-state index in [9.17, 15) is 26.7 Å². The van der Waals surface area contributed by atoms with Crippen LogP contribution < -0.4 is 4.74 Å². The largest absolute Gasteiger partial charge is 0.573 e. The zero-order valence-electron chi connectivity index (χ0n) is 8.60. The van der Waals surface area contributed by atoms with E-state index < -0.39 is 29.9 Å². The molecule has 0 fully saturated rings. The summed E-state index contributed by atoms with van der Waals surface area (Å²) in [6.45, 7) is 0. The van der Waals surface area contributed by atoms with Gasteiger partial charge >= 0.3 is 6.36 Å². The molecule has 100 valence electrons. The summed E-state index contributed by atoms with van der Waals surface area (Å²) >= 11 is 2.82. The van der Waals surface area contributed by atoms with Crippen LogP contribution in [0.2, 0.25) is 0 Å². The average molecular weight is 333 g/mol. The lowest BCUT2D eigenvalue weighted by Gasteiger charge is -2.13. The Morgan fingerprint density at radius 1 is 1.33 bits per heavy atom. The zero-order valence-corrected chi connectivity index (χ0v) is 10.2. The predicted molar refractivity (Wildman–Crippen MR) is 56.2 cm³/mol. The number of carbonyl (C=O) groups excluding carboxylic acids is 1. The van der Waals surface area contributed by atoms with Crippen LogP contribution >= 0.6 is 15.9 Å². The molecule has 0 heterocycles. The molecule has 1 aromatic rings. The lowest BCUT2D eigenvalue weighted by atomic mass is 10.1. The Morgan fingerprint density at radius 3 is 2.39 bits per heavy atom. The van der Waals surface area contributed by atoms with Crippen LogP contribution in [-0.4, -0.2) is 17.5 Å². The maximum Gasteiger partial charge on any atom is 0.573 e. The van der Waals surface area contributed by atoms with E-state index in [0.717, 1.165) is 12.1 Å². The summed E-state index contributed by atoms with van der Waals surface area (Å²) in [5.41, 5.74) is -1.06. The molecule has 0 aromatic heterocycles. The third kappa shape index (κ3) is 3.94. The van der Waals surface area contributed by atoms with Crippen LogP contribution in [0, 0.1) is 0 Å². The zero-order chi connectivity index (χ0) is 13.9. The molecule has 0 saturated heterocycles. The summed E-state index contributed by atoms with van der Waals surface area (Å²) in [7, 11) is 0. The van der Waals surface area contributed by atoms with Gasteiger partial charge in [-0.1, -0.05) is 22.0 Å². The monoisotopic (exact) mass is 332 g/mol. The first-order valence-electron chi connectivity index (χ1n) is 4.51. The van der Waals surface area contributed by atoms with Gasteiger partial charge in [-0.2, -0.15) is 0 Å². The Labute approximate surface area is 107 Å². The van der Waals surface area contributed by atoms with Crippen molar-refractivity contribution < 1.29 is 31.5 Å². The van der Waals surface area contributed by atoms with Crippen LogP contribution in [-0.2, 0) is 0 Å². The molecular formula is C10H6BrF5O2. The summed E-state index contributed by atoms with van der Waals surface area (Å²) in [6, 6.07) is 2.41. The van der Waals surface area contributed by atoms with E-state index >= 15 is 0 Å². The highest BCUT2D eigenvalue weighted by Gasteiger charge is 2.33. The summed E-state index contributed by atoms with van der Waals surface area (Å²) in [6.07, 6.45) is -8.23. The van der Waals surface area contributed by atoms with E-state index in [2.05, 4.69) is 20.7 Å². The van der Waals surface area contributed by atoms with Gasteiger partial charge in [-0.05, 0) is 12.1 Å². The molecule has 0 bridgehead atoms. The minimum absolute atomic E-state index is 0.132. The van der Waals surface area contributed by atoms with E-state index in [1.807, 2.05) is 0 Å². The second-order valence-corrected chi connectivity index (χ2v) is 3.72. The summed E-state index contributed by atoms with van der Waals surface area (Å²) in [5.74, 6) is -1.60. The fourth-order valence-corrected chi connectivity index (χ4v) is 1.50. The van der Waals surface area contributed by atoms with Gasteiger partial charge in [0.1, 0.15) is 5.75 Å². The number of ether oxygens (including phenoxy) is 1. The number of ketones is 1. The number of hydrogen-bond donors (Lipinski definition) is 0. The van der Waals surface area contributed by atoms with Gasteiger partial charge in [0.25, 0.3) is 6.43 Å². The molecule has 0 N–H and O–H groups in total. The second kappa shape index (κ2) is 5.64. The first-order valence-corrected chi connectivity index (χ1v) is 5.63. The number of benzene rings is 1. The number of Topliss-reactive ketones (excluding diaryl/α,β-unsaturated/α-hetero) is 1. The van der Waals surface area contributed by atoms with Gasteiger partial charge in [0, 0.05) is 5.56 Å². The summed E-state index contributed by atoms with van der Waals surface area (Å²) in [5, 5.41) is -0.132. The van der Waals surface area contributed by atoms with Crippen molar-refractivity contribution >= 4 is 21.7 Å². The molecule has 0 amide bonds. The average Bonchev–Trinajstić information content (AvgIpc) is 2.25. The van der Waals surface area contributed by atoms with Gasteiger partial charge in [-0.15, -0.1) is 13.2 Å². The normalized spacial score (nSPS) is 11.7. The number of hydrogen-bond acceptors (Lipinski definition) is 2. The molecule has 0 unspecified atom stereocenters. The molecule has 0 aliphatic heterocycles. The third-order valence-electron chi connectivity index (χ3n) is 1.92. The molecule has 0 radical (unpaired) electrons. The molecule has 18 heavy (non-hydrogen) atoms. The van der Waals surface area contributed by atoms with E-state index in [0.29, 0.717) is 6.07 Å². The van der Waals surface area contributed by atoms with Crippen molar-refractivity contribution in [1.82, 2.24) is 0 Å². The standard InChI is InChI=1S/C10H6BrF5O2/c11-4-7(17)5-1-2-6(9(12)13)8(3-5)18-10(14,15)16/h1-3,9H,4H2. The third-order valence-corrected chi connectivity index (χ3v) is 2.43. The first-order chi connectivity index (χ1) is 8.24. The van der Waals surface area contributed by atoms with Crippen LogP contribution in [0.5, 0.6) is 5.75 Å². The minimum Gasteiger partial charge on any atom is -0.405 e. The van der Waals surface area contributed by atoms with Crippen molar-refractivity contribution in [3.05, 3.63) is 29.3 Å². The van der Waals surface area contributed by atoms with Crippen LogP contribution in [0.1, 0.15) is 22.3 Å². The van der Waals surface area contributed by atoms with E-state index in [-0.39, 0.29) is 10.9 Å². The molecule has 1 aromatic carbocycles. The van der Waals surface area contributed by atoms with E-state index in [1.54, 1.807) is 0 Å². The Kier molecular flexibility index (Phi) is 4.66. The molecule has 8 heteroatoms. The Hall–Kier alpha value is -1.18. The molecular weight excluding hydrogens is 327 g/mol. The van der Waals surface area contributed by atoms with Crippen LogP contribution in [0.3, 0.4) is 0 Å². The fraction of sp³-hybridized carbons (Fsp3) is 0.300. The maximum absolute atomic E-state index is 12.5. The van der Waals surface area contributed by atoms with Crippen LogP contribution in [0.4, 0.5) is 22.0 Å². The number of halogens is 6. The molecule has 0 aliphatic carbocycles. The SMILES string of the molecule is O=C(CBr)c1ccc(C(F)F)c(OC(F)(F)F)c1. The van der Waals surface area contributed by atoms with Crippen molar-refractivity contribution in [3.63, 3.8) is 0 Å². The van der Waals surface area contributed by atoms with Gasteiger partial charge in [0.15, 0.2) is 5.78 Å². The number of rotatable bonds is 4. The van der Waals surface area contributed by atoms with Gasteiger partial charge in [-0.25, -0.2) is 8.78 Å². The highest BCUT2D eigenvalue weighted by Crippen LogP contribution is 2.33. The minimum atomic E-state index is -5.10. The van der Waals surface area contributed by atoms with Crippen LogP contribution in [0.25, 0.3) is 0 Å². The lowest BCUT2D eigenvalue weighted by Crippen LogP contribution is -2.18. The van der Waals surface area contributed by atoms with Crippen molar-refractivity contribution in [3.8, 4) is 5.75 Å². The highest BCUT2D eigenvalue weighted by molar-refractivity contribution is 9.09. The molecule has 0 atom stereocenters. The van der Waals surface area contributed by atoms with Crippen LogP contribution in [0.15, 0.2) is 18.2 Å². The first kappa shape index (κ1) is 14.9. The molecule has 0 spiro atoms. The second-order valence-electron chi connectivity index (χ2n) is 3.16. The Balaban J connectivity index is 3.20. The van der Waals surface area contributed by atoms with Crippen molar-refractivity contribution in [1.29, 1.82) is 0 Å². The molecule has 2 nitrogen and oxygen atoms in total. The number of alkyl halides is 6. The lowest BCUT2D eigenvalue weighted by molar-refractivity contribution is -0.275. The fourth-order valence-electron chi connectivity index (χ4n) is 1.18. The summed E-state index contributed by atoms with van der Waals surface area (Å²) in [4.78, 5) is 11.2. The predicted octanol–water partition coefficient (Wildman–Crippen LogP) is 4.10. The van der Waals surface area contributed by atoms with Crippen molar-refractivity contribution in [2.24, 2.45) is 0 Å². The highest BCUT2D eigenvalue weighted by atomic mass is 79.9. The van der Waals surface area contributed by atoms with Gasteiger partial charge in [-0.3, -0.25) is 4.79 Å².